The number of nitrogens with zero attached hydrogens (tertiary/aromatic N) is 2. The standard InChI is InChI=1S/C27H36BrN3O/c1-21-11-14-30(15-12-21)18-23-9-7-22(8-10-23)17-29-27(32)25-5-3-13-31(20-25)19-24-4-2-6-26(28)16-24/h2,4,6-10,16,21,25H,3,5,11-15,17-20H2,1H3,(H,29,32). The third kappa shape index (κ3) is 6.90. The maximum atomic E-state index is 12.8. The Labute approximate surface area is 201 Å². The zero-order valence-electron chi connectivity index (χ0n) is 19.2. The van der Waals surface area contributed by atoms with Gasteiger partial charge in [-0.15, -0.1) is 0 Å². The molecule has 32 heavy (non-hydrogen) atoms. The highest BCUT2D eigenvalue weighted by atomic mass is 79.9. The molecule has 0 radical (unpaired) electrons. The lowest BCUT2D eigenvalue weighted by Gasteiger charge is -2.32. The lowest BCUT2D eigenvalue weighted by atomic mass is 9.96. The van der Waals surface area contributed by atoms with Crippen molar-refractivity contribution in [1.29, 1.82) is 0 Å². The summed E-state index contributed by atoms with van der Waals surface area (Å²) < 4.78 is 1.11. The van der Waals surface area contributed by atoms with Crippen molar-refractivity contribution in [3.8, 4) is 0 Å². The number of carbonyl (C=O) groups excluding carboxylic acids is 1. The van der Waals surface area contributed by atoms with Gasteiger partial charge < -0.3 is 5.32 Å². The van der Waals surface area contributed by atoms with Gasteiger partial charge in [0.15, 0.2) is 0 Å². The normalized spacial score (nSPS) is 20.9. The number of hydrogen-bond donors (Lipinski definition) is 1. The lowest BCUT2D eigenvalue weighted by molar-refractivity contribution is -0.126. The van der Waals surface area contributed by atoms with Crippen LogP contribution in [0.3, 0.4) is 0 Å². The fraction of sp³-hybridized carbons (Fsp3) is 0.519. The number of nitrogens with one attached hydrogen (secondary N) is 1. The van der Waals surface area contributed by atoms with Crippen LogP contribution < -0.4 is 5.32 Å². The zero-order chi connectivity index (χ0) is 22.3. The summed E-state index contributed by atoms with van der Waals surface area (Å²) >= 11 is 3.55. The minimum atomic E-state index is 0.0802. The molecule has 0 saturated carbocycles. The van der Waals surface area contributed by atoms with Gasteiger partial charge in [0.25, 0.3) is 0 Å². The van der Waals surface area contributed by atoms with Crippen LogP contribution in [0.1, 0.15) is 49.3 Å². The molecule has 2 aromatic carbocycles. The van der Waals surface area contributed by atoms with Gasteiger partial charge in [-0.25, -0.2) is 0 Å². The van der Waals surface area contributed by atoms with Crippen LogP contribution in [0.2, 0.25) is 0 Å². The molecule has 0 aliphatic carbocycles. The number of piperidine rings is 2. The van der Waals surface area contributed by atoms with Crippen LogP contribution in [0, 0.1) is 11.8 Å². The van der Waals surface area contributed by atoms with Crippen LogP contribution in [0.5, 0.6) is 0 Å². The number of carbonyl (C=O) groups is 1. The Morgan fingerprint density at radius 3 is 2.41 bits per heavy atom. The second-order valence-electron chi connectivity index (χ2n) is 9.70. The van der Waals surface area contributed by atoms with Crippen LogP contribution in [0.25, 0.3) is 0 Å². The molecular weight excluding hydrogens is 462 g/mol. The van der Waals surface area contributed by atoms with E-state index in [2.05, 4.69) is 86.5 Å². The zero-order valence-corrected chi connectivity index (χ0v) is 20.8. The average molecular weight is 499 g/mol. The first-order valence-electron chi connectivity index (χ1n) is 12.1. The predicted octanol–water partition coefficient (Wildman–Crippen LogP) is 5.21. The third-order valence-electron chi connectivity index (χ3n) is 6.94. The summed E-state index contributed by atoms with van der Waals surface area (Å²) in [6.07, 6.45) is 4.68. The van der Waals surface area contributed by atoms with E-state index < -0.39 is 0 Å². The molecule has 0 bridgehead atoms. The molecule has 0 aromatic heterocycles. The number of likely N-dealkylation sites (tertiary alicyclic amines) is 2. The van der Waals surface area contributed by atoms with Crippen molar-refractivity contribution in [2.24, 2.45) is 11.8 Å². The Kier molecular flexibility index (Phi) is 8.39. The summed E-state index contributed by atoms with van der Waals surface area (Å²) in [5.74, 6) is 1.14. The molecule has 4 nitrogen and oxygen atoms in total. The van der Waals surface area contributed by atoms with Gasteiger partial charge in [0, 0.05) is 30.7 Å². The van der Waals surface area contributed by atoms with E-state index in [1.165, 1.54) is 42.6 Å². The summed E-state index contributed by atoms with van der Waals surface area (Å²) in [5.41, 5.74) is 3.83. The minimum Gasteiger partial charge on any atom is -0.352 e. The summed E-state index contributed by atoms with van der Waals surface area (Å²) in [7, 11) is 0. The third-order valence-corrected chi connectivity index (χ3v) is 7.44. The molecule has 2 aliphatic rings. The van der Waals surface area contributed by atoms with E-state index >= 15 is 0 Å². The number of amides is 1. The largest absolute Gasteiger partial charge is 0.352 e. The molecule has 0 spiro atoms. The number of rotatable bonds is 7. The van der Waals surface area contributed by atoms with Crippen LogP contribution in [-0.2, 0) is 24.4 Å². The first kappa shape index (κ1) is 23.5. The summed E-state index contributed by atoms with van der Waals surface area (Å²) in [6.45, 7) is 9.23. The Morgan fingerprint density at radius 2 is 1.66 bits per heavy atom. The first-order valence-corrected chi connectivity index (χ1v) is 12.9. The van der Waals surface area contributed by atoms with Gasteiger partial charge in [-0.3, -0.25) is 14.6 Å². The molecule has 2 aromatic rings. The second kappa shape index (κ2) is 11.4. The van der Waals surface area contributed by atoms with Crippen molar-refractivity contribution in [2.75, 3.05) is 26.2 Å². The number of halogens is 1. The summed E-state index contributed by atoms with van der Waals surface area (Å²) in [5, 5.41) is 3.18. The molecule has 2 aliphatic heterocycles. The van der Waals surface area contributed by atoms with Crippen LogP contribution in [0.15, 0.2) is 53.0 Å². The van der Waals surface area contributed by atoms with E-state index in [1.54, 1.807) is 0 Å². The van der Waals surface area contributed by atoms with E-state index in [0.717, 1.165) is 49.4 Å². The highest BCUT2D eigenvalue weighted by Gasteiger charge is 2.25. The van der Waals surface area contributed by atoms with E-state index in [4.69, 9.17) is 0 Å². The van der Waals surface area contributed by atoms with Gasteiger partial charge >= 0.3 is 0 Å². The first-order chi connectivity index (χ1) is 15.5. The van der Waals surface area contributed by atoms with Crippen molar-refractivity contribution in [3.63, 3.8) is 0 Å². The topological polar surface area (TPSA) is 35.6 Å². The molecule has 1 atom stereocenters. The molecule has 1 amide bonds. The highest BCUT2D eigenvalue weighted by molar-refractivity contribution is 9.10. The fourth-order valence-electron chi connectivity index (χ4n) is 4.88. The van der Waals surface area contributed by atoms with E-state index in [-0.39, 0.29) is 11.8 Å². The van der Waals surface area contributed by atoms with Crippen molar-refractivity contribution in [1.82, 2.24) is 15.1 Å². The van der Waals surface area contributed by atoms with E-state index in [1.807, 2.05) is 0 Å². The molecule has 1 unspecified atom stereocenters. The van der Waals surface area contributed by atoms with Crippen LogP contribution in [0.4, 0.5) is 0 Å². The molecule has 5 heteroatoms. The van der Waals surface area contributed by atoms with Crippen LogP contribution in [-0.4, -0.2) is 41.9 Å². The Morgan fingerprint density at radius 1 is 0.938 bits per heavy atom. The molecule has 2 saturated heterocycles. The van der Waals surface area contributed by atoms with Gasteiger partial charge in [-0.2, -0.15) is 0 Å². The van der Waals surface area contributed by atoms with Crippen molar-refractivity contribution < 1.29 is 4.79 Å². The number of benzene rings is 2. The SMILES string of the molecule is CC1CCN(Cc2ccc(CNC(=O)C3CCCN(Cc4cccc(Br)c4)C3)cc2)CC1. The monoisotopic (exact) mass is 497 g/mol. The molecule has 172 valence electrons. The average Bonchev–Trinajstić information content (AvgIpc) is 2.80. The summed E-state index contributed by atoms with van der Waals surface area (Å²) in [6, 6.07) is 17.2. The van der Waals surface area contributed by atoms with Crippen molar-refractivity contribution in [3.05, 3.63) is 69.7 Å². The van der Waals surface area contributed by atoms with Crippen LogP contribution >= 0.6 is 15.9 Å². The maximum Gasteiger partial charge on any atom is 0.224 e. The Balaban J connectivity index is 1.22. The Bertz CT molecular complexity index is 877. The second-order valence-corrected chi connectivity index (χ2v) is 10.6. The molecule has 2 heterocycles. The smallest absolute Gasteiger partial charge is 0.224 e. The quantitative estimate of drug-likeness (QED) is 0.570. The number of hydrogen-bond acceptors (Lipinski definition) is 3. The van der Waals surface area contributed by atoms with Crippen molar-refractivity contribution in [2.45, 2.75) is 52.2 Å². The fourth-order valence-corrected chi connectivity index (χ4v) is 5.33. The highest BCUT2D eigenvalue weighted by Crippen LogP contribution is 2.21. The lowest BCUT2D eigenvalue weighted by Crippen LogP contribution is -2.42. The van der Waals surface area contributed by atoms with Gasteiger partial charge in [0.2, 0.25) is 5.91 Å². The minimum absolute atomic E-state index is 0.0802. The van der Waals surface area contributed by atoms with Gasteiger partial charge in [0.05, 0.1) is 5.92 Å². The predicted molar refractivity (Wildman–Crippen MR) is 134 cm³/mol. The van der Waals surface area contributed by atoms with Gasteiger partial charge in [-0.1, -0.05) is 59.3 Å². The van der Waals surface area contributed by atoms with E-state index in [9.17, 15) is 4.79 Å². The molecule has 2 fully saturated rings. The van der Waals surface area contributed by atoms with E-state index in [0.29, 0.717) is 6.54 Å². The Hall–Kier alpha value is -1.69. The summed E-state index contributed by atoms with van der Waals surface area (Å²) in [4.78, 5) is 17.8. The van der Waals surface area contributed by atoms with Crippen molar-refractivity contribution >= 4 is 21.8 Å². The molecule has 1 N–H and O–H groups in total. The molecular formula is C27H36BrN3O. The van der Waals surface area contributed by atoms with Gasteiger partial charge in [0.1, 0.15) is 0 Å². The maximum absolute atomic E-state index is 12.8. The molecule has 4 rings (SSSR count). The van der Waals surface area contributed by atoms with Gasteiger partial charge in [-0.05, 0) is 80.1 Å².